The number of carboxylic acids is 1. The number of hydrogen-bond acceptors (Lipinski definition) is 13. The van der Waals surface area contributed by atoms with E-state index in [9.17, 15) is 62.1 Å². The van der Waals surface area contributed by atoms with Gasteiger partial charge in [0.2, 0.25) is 35.3 Å². The summed E-state index contributed by atoms with van der Waals surface area (Å²) < 4.78 is 35.0. The van der Waals surface area contributed by atoms with Gasteiger partial charge in [0.15, 0.2) is 17.4 Å². The smallest absolute Gasteiger partial charge is 0.336 e. The number of rotatable bonds is 45. The molecule has 2 aromatic carbocycles. The maximum Gasteiger partial charge on any atom is 0.336 e. The van der Waals surface area contributed by atoms with Gasteiger partial charge in [0.1, 0.15) is 11.5 Å². The van der Waals surface area contributed by atoms with Crippen molar-refractivity contribution in [3.05, 3.63) is 105 Å². The molecule has 131 heavy (non-hydrogen) atoms. The lowest BCUT2D eigenvalue weighted by atomic mass is 9.47. The first-order chi connectivity index (χ1) is 63.0. The van der Waals surface area contributed by atoms with Crippen LogP contribution in [0.25, 0.3) is 0 Å². The molecular weight excluding hydrogens is 1670 g/mol. The molecule has 21 nitrogen and oxygen atoms in total. The summed E-state index contributed by atoms with van der Waals surface area (Å²) in [4.78, 5) is 112. The van der Waals surface area contributed by atoms with E-state index in [2.05, 4.69) is 115 Å². The molecule has 2 aromatic rings. The summed E-state index contributed by atoms with van der Waals surface area (Å²) in [7, 11) is 0. The Morgan fingerprint density at radius 1 is 0.550 bits per heavy atom. The number of fused-ring (bicyclic) bond motifs is 13. The predicted octanol–water partition coefficient (Wildman–Crippen LogP) is 20.1. The van der Waals surface area contributed by atoms with Gasteiger partial charge in [-0.25, -0.2) is 18.4 Å². The summed E-state index contributed by atoms with van der Waals surface area (Å²) >= 11 is 1.91. The number of phenols is 1. The Morgan fingerprint density at radius 3 is 1.69 bits per heavy atom. The molecule has 3 aliphatic heterocycles. The van der Waals surface area contributed by atoms with Crippen molar-refractivity contribution in [2.24, 2.45) is 86.8 Å². The van der Waals surface area contributed by atoms with Crippen LogP contribution in [-0.4, -0.2) is 138 Å². The van der Waals surface area contributed by atoms with Crippen LogP contribution in [0.4, 0.5) is 13.6 Å². The third kappa shape index (κ3) is 24.6. The summed E-state index contributed by atoms with van der Waals surface area (Å²) in [6.45, 7) is 22.7. The molecule has 24 heteroatoms. The maximum absolute atomic E-state index is 14.6. The van der Waals surface area contributed by atoms with Gasteiger partial charge >= 0.3 is 12.0 Å². The van der Waals surface area contributed by atoms with E-state index in [0.717, 1.165) is 166 Å². The van der Waals surface area contributed by atoms with Crippen molar-refractivity contribution in [3.63, 3.8) is 0 Å². The fraction of sp³-hybridized carbons (Fsp3) is 0.729. The number of ether oxygens (including phenoxy) is 1. The molecule has 9 aliphatic carbocycles. The molecule has 8 fully saturated rings. The van der Waals surface area contributed by atoms with Crippen LogP contribution >= 0.6 is 11.8 Å². The van der Waals surface area contributed by atoms with Gasteiger partial charge in [-0.05, 0) is 252 Å². The number of aromatic carboxylic acids is 1. The normalized spacial score (nSPS) is 30.9. The number of carbonyl (C=O) groups is 9. The largest absolute Gasteiger partial charge is 0.505 e. The van der Waals surface area contributed by atoms with E-state index in [1.807, 2.05) is 11.8 Å². The molecule has 0 spiro atoms. The number of hydrogen-bond donors (Lipinski definition) is 11. The van der Waals surface area contributed by atoms with Crippen LogP contribution in [0.5, 0.6) is 11.5 Å². The van der Waals surface area contributed by atoms with Gasteiger partial charge in [0.05, 0.1) is 17.6 Å². The molecule has 0 aromatic heterocycles. The Kier molecular flexibility index (Phi) is 36.0. The number of carbonyl (C=O) groups excluding carboxylic acids is 8. The first-order valence-electron chi connectivity index (χ1n) is 51.7. The summed E-state index contributed by atoms with van der Waals surface area (Å²) in [6.07, 6.45) is 54.8. The van der Waals surface area contributed by atoms with Gasteiger partial charge in [0.25, 0.3) is 5.91 Å². The molecule has 11 N–H and O–H groups in total. The van der Waals surface area contributed by atoms with Gasteiger partial charge in [-0.3, -0.25) is 33.6 Å². The van der Waals surface area contributed by atoms with E-state index in [4.69, 9.17) is 4.74 Å². The number of benzene rings is 2. The minimum Gasteiger partial charge on any atom is -0.505 e. The molecule has 8 amide bonds. The molecule has 10 unspecified atom stereocenters. The number of allylic oxidation sites excluding steroid dienone is 5. The topological polar surface area (TPSA) is 312 Å². The number of amides is 8. The second-order valence-corrected chi connectivity index (χ2v) is 44.1. The lowest BCUT2D eigenvalue weighted by Gasteiger charge is -2.58. The van der Waals surface area contributed by atoms with E-state index < -0.39 is 46.9 Å². The first-order valence-corrected chi connectivity index (χ1v) is 52.7. The Morgan fingerprint density at radius 2 is 1.08 bits per heavy atom. The quantitative estimate of drug-likeness (QED) is 0.0167. The summed E-state index contributed by atoms with van der Waals surface area (Å²) in [6, 6.07) is 6.87. The standard InChI is InChI=1S/C58H76F2N4O8.C49H83N5O4S/c1-5-6-7-8-9-11-34(2)43-16-17-44-39-15-13-36-29-37(18-22-57(36,3)45(39)19-23-58(43,44)4)61-24-10-25-62-52(67)20-26-63-53(68)21-27-64-55(69)35-12-14-38(40(28-35)56(70)71)54-41-30-46(59)48(65)32-50(41)72-51-33-49(66)47(60)31-42(51)54;1-5-6-7-8-9-10-12-17-34(2)38-23-24-39-37-22-21-35-32-36(25-28-48(35,3)40(37)26-29-49(38,39)4)52-45(57)27-31-51-44(56)19-13-11-16-30-50-43(55)20-15-14-18-42-46-41(33-59-42)53-47(58)54-46/h12-14,28,30-34,37,39,41,43-45,54,61,66H,5-11,15-27,29H2,1-4H3,(H,62,67)(H,63,68)(H,64,69)(H,70,71);21,34,36-42,46H,5-20,22-33H2,1-4H3,(H,50,55)(H,51,56)(H,52,57)(H2,53,54,58)/t34-,37+,39+,41?,43?,44+,45?,54?,57?,58?;34-,36+,37+,38?,39+,40?,41+,42+,46+,48?,49?/m11/s1. The first kappa shape index (κ1) is 101. The number of carboxylic acid groups (broad SMARTS) is 1. The van der Waals surface area contributed by atoms with Crippen LogP contribution in [0.1, 0.15) is 363 Å². The van der Waals surface area contributed by atoms with Crippen LogP contribution < -0.4 is 52.6 Å². The highest BCUT2D eigenvalue weighted by molar-refractivity contribution is 8.00. The number of unbranched alkanes of at least 4 members (excludes halogenated alkanes) is 13. The SMILES string of the molecule is CCCCCCCCC[C@@H](C)C1CC[C@H]2[C@@H]3CC=C4C[C@@H](NC(=O)CCNC(=O)CCCCCNC(=O)CCCC[C@@H]5SC[C@@H]6NC(=O)N[C@@H]65)CCC4(C)C3CCC12C.CCCCCCC[C@@H](C)C1CC[C@H]2[C@@H]3CC=C4C[C@@H](NCCCNC(=O)CCNC(=O)CCNC(=O)c5ccc(C6c7cc(F)c(O)cc7OC7=CC(=O)C(F)=CC76)c(C(=O)O)c5)CCC4(C)C3CCC12C. The third-order valence-electron chi connectivity index (χ3n) is 34.7. The monoisotopic (exact) mass is 1830 g/mol. The molecule has 12 aliphatic rings. The zero-order valence-corrected chi connectivity index (χ0v) is 81.1. The molecule has 724 valence electrons. The molecule has 21 atom stereocenters. The van der Waals surface area contributed by atoms with Crippen LogP contribution in [0, 0.1) is 92.6 Å². The highest BCUT2D eigenvalue weighted by Crippen LogP contribution is 2.70. The van der Waals surface area contributed by atoms with Crippen LogP contribution in [0.3, 0.4) is 0 Å². The average Bonchev–Trinajstić information content (AvgIpc) is 1.64. The van der Waals surface area contributed by atoms with Gasteiger partial charge in [-0.15, -0.1) is 0 Å². The van der Waals surface area contributed by atoms with Crippen LogP contribution in [-0.2, 0) is 28.8 Å². The number of halogens is 2. The fourth-order valence-electron chi connectivity index (χ4n) is 27.6. The number of ketones is 1. The fourth-order valence-corrected chi connectivity index (χ4v) is 29.1. The van der Waals surface area contributed by atoms with Gasteiger partial charge in [-0.2, -0.15) is 11.8 Å². The average molecular weight is 1830 g/mol. The van der Waals surface area contributed by atoms with Crippen molar-refractivity contribution < 1.29 is 66.9 Å². The lowest BCUT2D eigenvalue weighted by molar-refractivity contribution is -0.124. The molecule has 0 radical (unpaired) electrons. The van der Waals surface area contributed by atoms with Crippen LogP contribution in [0.15, 0.2) is 77.4 Å². The number of urea groups is 1. The number of thioether (sulfide) groups is 1. The Balaban J connectivity index is 0.000000228. The van der Waals surface area contributed by atoms with E-state index in [-0.39, 0.29) is 119 Å². The molecule has 2 saturated heterocycles. The van der Waals surface area contributed by atoms with E-state index in [1.165, 1.54) is 185 Å². The minimum absolute atomic E-state index is 0.00308. The second-order valence-electron chi connectivity index (χ2n) is 42.9. The van der Waals surface area contributed by atoms with E-state index in [0.29, 0.717) is 66.4 Å². The summed E-state index contributed by atoms with van der Waals surface area (Å²) in [5, 5.41) is 48.0. The lowest BCUT2D eigenvalue weighted by Crippen LogP contribution is -2.52. The van der Waals surface area contributed by atoms with Gasteiger partial charge < -0.3 is 62.8 Å². The molecule has 14 rings (SSSR count). The molecule has 0 bridgehead atoms. The Labute approximate surface area is 784 Å². The Bertz CT molecular complexity index is 4460. The van der Waals surface area contributed by atoms with E-state index in [1.54, 1.807) is 11.1 Å². The maximum atomic E-state index is 14.6. The van der Waals surface area contributed by atoms with Gasteiger partial charge in [0, 0.05) is 123 Å². The number of nitrogens with one attached hydrogen (secondary N) is 9. The highest BCUT2D eigenvalue weighted by Gasteiger charge is 2.62. The third-order valence-corrected chi connectivity index (χ3v) is 36.3. The van der Waals surface area contributed by atoms with Gasteiger partial charge in [-0.1, -0.05) is 187 Å². The number of phenolic OH excluding ortho intramolecular Hbond substituents is 1. The van der Waals surface area contributed by atoms with Crippen molar-refractivity contribution in [2.45, 2.75) is 360 Å². The number of aromatic hydroxyl groups is 1. The van der Waals surface area contributed by atoms with Crippen molar-refractivity contribution in [1.82, 2.24) is 47.9 Å². The van der Waals surface area contributed by atoms with Crippen molar-refractivity contribution in [2.75, 3.05) is 45.0 Å². The van der Waals surface area contributed by atoms with Crippen molar-refractivity contribution >= 4 is 65.0 Å². The zero-order chi connectivity index (χ0) is 93.2. The van der Waals surface area contributed by atoms with E-state index >= 15 is 0 Å². The van der Waals surface area contributed by atoms with Crippen LogP contribution in [0.2, 0.25) is 0 Å². The zero-order valence-electron chi connectivity index (χ0n) is 80.3. The molecule has 6 saturated carbocycles. The highest BCUT2D eigenvalue weighted by atomic mass is 32.2. The molecule has 3 heterocycles. The second kappa shape index (κ2) is 46.8. The summed E-state index contributed by atoms with van der Waals surface area (Å²) in [5.74, 6) is 0.973. The van der Waals surface area contributed by atoms with Crippen molar-refractivity contribution in [3.8, 4) is 11.5 Å². The summed E-state index contributed by atoms with van der Waals surface area (Å²) in [5.41, 5.74) is 4.72. The Hall–Kier alpha value is -7.60. The minimum atomic E-state index is -1.42. The predicted molar refractivity (Wildman–Crippen MR) is 513 cm³/mol. The molecular formula is C107H159F2N9O12S. The van der Waals surface area contributed by atoms with Crippen molar-refractivity contribution in [1.29, 1.82) is 0 Å².